The van der Waals surface area contributed by atoms with Gasteiger partial charge in [-0.15, -0.1) is 0 Å². The topological polar surface area (TPSA) is 84.2 Å². The van der Waals surface area contributed by atoms with Gasteiger partial charge in [0.05, 0.1) is 22.4 Å². The van der Waals surface area contributed by atoms with Crippen LogP contribution in [0.15, 0.2) is 30.5 Å². The number of aliphatic carboxylic acids is 1. The van der Waals surface area contributed by atoms with Crippen molar-refractivity contribution in [1.29, 1.82) is 0 Å². The summed E-state index contributed by atoms with van der Waals surface area (Å²) in [6.45, 7) is 1.89. The van der Waals surface area contributed by atoms with Crippen LogP contribution < -0.4 is 5.32 Å². The molecule has 0 unspecified atom stereocenters. The highest BCUT2D eigenvalue weighted by atomic mass is 35.5. The third-order valence-corrected chi connectivity index (χ3v) is 4.38. The van der Waals surface area contributed by atoms with Crippen molar-refractivity contribution < 1.29 is 14.7 Å². The molecule has 1 aromatic heterocycles. The molecule has 0 radical (unpaired) electrons. The second kappa shape index (κ2) is 5.70. The molecular weight excluding hydrogens is 318 g/mol. The number of hydrogen-bond donors (Lipinski definition) is 2. The van der Waals surface area contributed by atoms with Crippen LogP contribution in [0.3, 0.4) is 0 Å². The SMILES string of the molecule is Cc1nn(-c2ccc(Cl)cc2)cc1C(=O)NCC1(C(=O)O)CC1. The van der Waals surface area contributed by atoms with Gasteiger partial charge in [-0.2, -0.15) is 5.10 Å². The van der Waals surface area contributed by atoms with Crippen LogP contribution in [0.5, 0.6) is 0 Å². The number of nitrogens with zero attached hydrogens (tertiary/aromatic N) is 2. The highest BCUT2D eigenvalue weighted by Crippen LogP contribution is 2.45. The van der Waals surface area contributed by atoms with Crippen molar-refractivity contribution in [2.24, 2.45) is 5.41 Å². The molecular formula is C16H16ClN3O3. The van der Waals surface area contributed by atoms with E-state index in [1.165, 1.54) is 0 Å². The highest BCUT2D eigenvalue weighted by Gasteiger charge is 2.50. The largest absolute Gasteiger partial charge is 0.481 e. The number of aromatic nitrogens is 2. The molecule has 0 bridgehead atoms. The predicted octanol–water partition coefficient (Wildman–Crippen LogP) is 2.43. The van der Waals surface area contributed by atoms with Crippen molar-refractivity contribution in [1.82, 2.24) is 15.1 Å². The number of nitrogens with one attached hydrogen (secondary N) is 1. The van der Waals surface area contributed by atoms with Gasteiger partial charge in [0, 0.05) is 17.8 Å². The second-order valence-electron chi connectivity index (χ2n) is 5.82. The molecule has 0 atom stereocenters. The van der Waals surface area contributed by atoms with Gasteiger partial charge in [-0.25, -0.2) is 4.68 Å². The maximum atomic E-state index is 12.3. The molecule has 1 aromatic carbocycles. The zero-order valence-corrected chi connectivity index (χ0v) is 13.3. The number of carbonyl (C=O) groups excluding carboxylic acids is 1. The molecule has 120 valence electrons. The molecule has 0 spiro atoms. The van der Waals surface area contributed by atoms with Gasteiger partial charge in [0.25, 0.3) is 5.91 Å². The maximum absolute atomic E-state index is 12.3. The summed E-state index contributed by atoms with van der Waals surface area (Å²) >= 11 is 5.86. The molecule has 1 saturated carbocycles. The fraction of sp³-hybridized carbons (Fsp3) is 0.312. The van der Waals surface area contributed by atoms with E-state index < -0.39 is 11.4 Å². The van der Waals surface area contributed by atoms with Crippen LogP contribution in [0.4, 0.5) is 0 Å². The van der Waals surface area contributed by atoms with E-state index >= 15 is 0 Å². The Kier molecular flexibility index (Phi) is 3.85. The number of benzene rings is 1. The first-order chi connectivity index (χ1) is 10.9. The number of hydrogen-bond acceptors (Lipinski definition) is 3. The monoisotopic (exact) mass is 333 g/mol. The number of halogens is 1. The minimum Gasteiger partial charge on any atom is -0.481 e. The van der Waals surface area contributed by atoms with Gasteiger partial charge in [0.1, 0.15) is 0 Å². The van der Waals surface area contributed by atoms with Crippen LogP contribution in [-0.2, 0) is 4.79 Å². The third-order valence-electron chi connectivity index (χ3n) is 4.13. The smallest absolute Gasteiger partial charge is 0.311 e. The standard InChI is InChI=1S/C16H16ClN3O3/c1-10-13(14(21)18-9-16(6-7-16)15(22)23)8-20(19-10)12-4-2-11(17)3-5-12/h2-5,8H,6-7,9H2,1H3,(H,18,21)(H,22,23). The third kappa shape index (κ3) is 3.07. The Labute approximate surface area is 138 Å². The number of aryl methyl sites for hydroxylation is 1. The normalized spacial score (nSPS) is 15.2. The van der Waals surface area contributed by atoms with Crippen molar-refractivity contribution >= 4 is 23.5 Å². The minimum absolute atomic E-state index is 0.146. The summed E-state index contributed by atoms with van der Waals surface area (Å²) in [6, 6.07) is 7.11. The minimum atomic E-state index is -0.855. The maximum Gasteiger partial charge on any atom is 0.311 e. The van der Waals surface area contributed by atoms with Gasteiger partial charge in [0.2, 0.25) is 0 Å². The number of carbonyl (C=O) groups is 2. The summed E-state index contributed by atoms with van der Waals surface area (Å²) in [5.41, 5.74) is 1.02. The molecule has 1 heterocycles. The van der Waals surface area contributed by atoms with Crippen LogP contribution in [0.25, 0.3) is 5.69 Å². The van der Waals surface area contributed by atoms with Gasteiger partial charge in [-0.05, 0) is 44.0 Å². The molecule has 23 heavy (non-hydrogen) atoms. The Balaban J connectivity index is 1.74. The molecule has 0 aliphatic heterocycles. The average Bonchev–Trinajstić information content (AvgIpc) is 3.22. The summed E-state index contributed by atoms with van der Waals surface area (Å²) in [6.07, 6.45) is 2.84. The number of rotatable bonds is 5. The Morgan fingerprint density at radius 1 is 1.35 bits per heavy atom. The Morgan fingerprint density at radius 2 is 2.00 bits per heavy atom. The molecule has 2 N–H and O–H groups in total. The molecule has 1 aliphatic rings. The van der Waals surface area contributed by atoms with E-state index in [9.17, 15) is 9.59 Å². The summed E-state index contributed by atoms with van der Waals surface area (Å²) in [7, 11) is 0. The summed E-state index contributed by atoms with van der Waals surface area (Å²) in [4.78, 5) is 23.4. The lowest BCUT2D eigenvalue weighted by atomic mass is 10.1. The van der Waals surface area contributed by atoms with Gasteiger partial charge < -0.3 is 10.4 Å². The number of carboxylic acid groups (broad SMARTS) is 1. The van der Waals surface area contributed by atoms with Crippen LogP contribution in [-0.4, -0.2) is 33.3 Å². The Bertz CT molecular complexity index is 763. The van der Waals surface area contributed by atoms with E-state index in [4.69, 9.17) is 16.7 Å². The van der Waals surface area contributed by atoms with E-state index in [1.807, 2.05) is 0 Å². The van der Waals surface area contributed by atoms with Crippen molar-refractivity contribution in [3.63, 3.8) is 0 Å². The van der Waals surface area contributed by atoms with Crippen molar-refractivity contribution in [2.75, 3.05) is 6.54 Å². The molecule has 1 amide bonds. The fourth-order valence-corrected chi connectivity index (χ4v) is 2.50. The van der Waals surface area contributed by atoms with Crippen molar-refractivity contribution in [3.05, 3.63) is 46.7 Å². The van der Waals surface area contributed by atoms with Crippen LogP contribution in [0.1, 0.15) is 28.9 Å². The molecule has 3 rings (SSSR count). The van der Waals surface area contributed by atoms with E-state index in [2.05, 4.69) is 10.4 Å². The van der Waals surface area contributed by atoms with Crippen molar-refractivity contribution in [2.45, 2.75) is 19.8 Å². The van der Waals surface area contributed by atoms with Crippen LogP contribution in [0, 0.1) is 12.3 Å². The summed E-state index contributed by atoms with van der Waals surface area (Å²) in [5, 5.41) is 16.8. The van der Waals surface area contributed by atoms with Gasteiger partial charge in [-0.3, -0.25) is 9.59 Å². The molecule has 0 saturated heterocycles. The summed E-state index contributed by atoms with van der Waals surface area (Å²) in [5.74, 6) is -1.17. The molecule has 2 aromatic rings. The van der Waals surface area contributed by atoms with E-state index in [-0.39, 0.29) is 12.5 Å². The lowest BCUT2D eigenvalue weighted by Crippen LogP contribution is -2.34. The first-order valence-corrected chi connectivity index (χ1v) is 7.63. The zero-order chi connectivity index (χ0) is 16.6. The van der Waals surface area contributed by atoms with Crippen LogP contribution in [0.2, 0.25) is 5.02 Å². The molecule has 7 heteroatoms. The van der Waals surface area contributed by atoms with Gasteiger partial charge in [-0.1, -0.05) is 11.6 Å². The molecule has 1 aliphatic carbocycles. The van der Waals surface area contributed by atoms with E-state index in [0.29, 0.717) is 29.1 Å². The second-order valence-corrected chi connectivity index (χ2v) is 6.25. The van der Waals surface area contributed by atoms with Gasteiger partial charge >= 0.3 is 5.97 Å². The molecule has 6 nitrogen and oxygen atoms in total. The first kappa shape index (κ1) is 15.6. The Morgan fingerprint density at radius 3 is 2.57 bits per heavy atom. The van der Waals surface area contributed by atoms with Crippen LogP contribution >= 0.6 is 11.6 Å². The quantitative estimate of drug-likeness (QED) is 0.880. The van der Waals surface area contributed by atoms with Gasteiger partial charge in [0.15, 0.2) is 0 Å². The first-order valence-electron chi connectivity index (χ1n) is 7.25. The highest BCUT2D eigenvalue weighted by molar-refractivity contribution is 6.30. The van der Waals surface area contributed by atoms with Crippen molar-refractivity contribution in [3.8, 4) is 5.69 Å². The summed E-state index contributed by atoms with van der Waals surface area (Å²) < 4.78 is 1.60. The average molecular weight is 334 g/mol. The van der Waals surface area contributed by atoms with E-state index in [1.54, 1.807) is 42.1 Å². The number of amides is 1. The van der Waals surface area contributed by atoms with E-state index in [0.717, 1.165) is 5.69 Å². The lowest BCUT2D eigenvalue weighted by Gasteiger charge is -2.10. The zero-order valence-electron chi connectivity index (χ0n) is 12.5. The molecule has 1 fully saturated rings. The lowest BCUT2D eigenvalue weighted by molar-refractivity contribution is -0.143. The Hall–Kier alpha value is -2.34. The predicted molar refractivity (Wildman–Crippen MR) is 84.9 cm³/mol. The fourth-order valence-electron chi connectivity index (χ4n) is 2.37. The number of carboxylic acids is 1.